The third kappa shape index (κ3) is 9.10. The minimum Gasteiger partial charge on any atom is -0.287 e. The summed E-state index contributed by atoms with van der Waals surface area (Å²) in [7, 11) is 0. The van der Waals surface area contributed by atoms with Crippen LogP contribution in [0.15, 0.2) is 21.5 Å². The highest BCUT2D eigenvalue weighted by Gasteiger charge is 2.30. The number of anilines is 1. The van der Waals surface area contributed by atoms with E-state index >= 15 is 4.39 Å². The monoisotopic (exact) mass is 557 g/mol. The molecule has 2 amide bonds. The Morgan fingerprint density at radius 2 is 1.21 bits per heavy atom. The van der Waals surface area contributed by atoms with Gasteiger partial charge < -0.3 is 0 Å². The Labute approximate surface area is 217 Å². The number of amides is 2. The van der Waals surface area contributed by atoms with Crippen molar-refractivity contribution in [2.24, 2.45) is 35.5 Å². The van der Waals surface area contributed by atoms with Crippen LogP contribution in [-0.2, 0) is 14.4 Å². The lowest BCUT2D eigenvalue weighted by Crippen LogP contribution is -2.40. The van der Waals surface area contributed by atoms with Crippen molar-refractivity contribution in [2.75, 3.05) is 4.90 Å². The SMILES string of the molecule is CC(C)C(C)CC(=O)Sc1cc(N(C(=O)CC(C)C(C)C)C(=O)CC(C)C(C)C)c(F)cc1Br. The van der Waals surface area contributed by atoms with E-state index < -0.39 is 17.6 Å². The largest absolute Gasteiger partial charge is 0.287 e. The Hall–Kier alpha value is -1.21. The molecule has 0 spiro atoms. The summed E-state index contributed by atoms with van der Waals surface area (Å²) in [5.74, 6) is -0.349. The first kappa shape index (κ1) is 30.8. The lowest BCUT2D eigenvalue weighted by atomic mass is 9.92. The van der Waals surface area contributed by atoms with E-state index in [1.807, 2.05) is 48.5 Å². The van der Waals surface area contributed by atoms with Gasteiger partial charge in [0.25, 0.3) is 0 Å². The van der Waals surface area contributed by atoms with Gasteiger partial charge in [-0.05, 0) is 63.6 Å². The van der Waals surface area contributed by atoms with Crippen LogP contribution in [0.1, 0.15) is 81.6 Å². The topological polar surface area (TPSA) is 54.5 Å². The predicted octanol–water partition coefficient (Wildman–Crippen LogP) is 8.11. The van der Waals surface area contributed by atoms with Crippen LogP contribution < -0.4 is 4.90 Å². The number of carbonyl (C=O) groups is 3. The lowest BCUT2D eigenvalue weighted by molar-refractivity contribution is -0.127. The van der Waals surface area contributed by atoms with E-state index in [0.717, 1.165) is 16.7 Å². The quantitative estimate of drug-likeness (QED) is 0.258. The summed E-state index contributed by atoms with van der Waals surface area (Å²) in [6.07, 6.45) is 0.672. The van der Waals surface area contributed by atoms with Crippen molar-refractivity contribution in [1.29, 1.82) is 0 Å². The highest BCUT2D eigenvalue weighted by atomic mass is 79.9. The molecule has 0 aliphatic carbocycles. The molecule has 0 aliphatic rings. The van der Waals surface area contributed by atoms with Crippen molar-refractivity contribution in [3.8, 4) is 0 Å². The summed E-state index contributed by atoms with van der Waals surface area (Å²) in [5.41, 5.74) is -0.0858. The average Bonchev–Trinajstić information content (AvgIpc) is 2.70. The van der Waals surface area contributed by atoms with Gasteiger partial charge in [0, 0.05) is 28.6 Å². The van der Waals surface area contributed by atoms with Crippen LogP contribution in [-0.4, -0.2) is 16.9 Å². The standard InChI is InChI=1S/C27H41BrFNO3S/c1-15(2)18(7)10-25(31)30(26(32)11-19(8)16(3)4)23-14-24(21(28)13-22(23)29)34-27(33)12-20(9)17(5)6/h13-20H,10-12H2,1-9H3. The van der Waals surface area contributed by atoms with Gasteiger partial charge in [0.15, 0.2) is 5.12 Å². The highest BCUT2D eigenvalue weighted by molar-refractivity contribution is 9.10. The van der Waals surface area contributed by atoms with Gasteiger partial charge in [0.1, 0.15) is 5.82 Å². The second kappa shape index (κ2) is 13.8. The fourth-order valence-corrected chi connectivity index (χ4v) is 4.52. The van der Waals surface area contributed by atoms with Crippen LogP contribution in [0.4, 0.5) is 10.1 Å². The molecule has 7 heteroatoms. The van der Waals surface area contributed by atoms with Crippen LogP contribution in [0.2, 0.25) is 0 Å². The van der Waals surface area contributed by atoms with E-state index in [1.54, 1.807) is 0 Å². The molecule has 0 N–H and O–H groups in total. The molecule has 1 rings (SSSR count). The molecule has 192 valence electrons. The Balaban J connectivity index is 3.38. The van der Waals surface area contributed by atoms with Gasteiger partial charge in [0.05, 0.1) is 5.69 Å². The second-order valence-corrected chi connectivity index (χ2v) is 12.6. The number of carbonyl (C=O) groups excluding carboxylic acids is 3. The molecular formula is C27H41BrFNO3S. The van der Waals surface area contributed by atoms with Crippen LogP contribution >= 0.6 is 27.7 Å². The Morgan fingerprint density at radius 1 is 0.794 bits per heavy atom. The number of benzene rings is 1. The molecule has 1 aromatic rings. The van der Waals surface area contributed by atoms with Gasteiger partial charge in [-0.25, -0.2) is 9.29 Å². The van der Waals surface area contributed by atoms with Gasteiger partial charge in [-0.2, -0.15) is 0 Å². The van der Waals surface area contributed by atoms with E-state index in [1.165, 1.54) is 12.1 Å². The molecule has 0 bridgehead atoms. The number of rotatable bonds is 11. The molecule has 0 fully saturated rings. The Bertz CT molecular complexity index is 844. The van der Waals surface area contributed by atoms with Gasteiger partial charge in [-0.15, -0.1) is 0 Å². The molecule has 4 nitrogen and oxygen atoms in total. The second-order valence-electron chi connectivity index (χ2n) is 10.6. The van der Waals surface area contributed by atoms with E-state index in [2.05, 4.69) is 29.8 Å². The summed E-state index contributed by atoms with van der Waals surface area (Å²) in [6, 6.07) is 2.69. The first-order valence-corrected chi connectivity index (χ1v) is 13.8. The smallest absolute Gasteiger partial charge is 0.234 e. The number of nitrogens with zero attached hydrogens (tertiary/aromatic N) is 1. The molecule has 1 aromatic carbocycles. The van der Waals surface area contributed by atoms with Gasteiger partial charge in [0.2, 0.25) is 11.8 Å². The average molecular weight is 559 g/mol. The van der Waals surface area contributed by atoms with Crippen LogP contribution in [0, 0.1) is 41.3 Å². The predicted molar refractivity (Wildman–Crippen MR) is 143 cm³/mol. The van der Waals surface area contributed by atoms with Crippen molar-refractivity contribution in [1.82, 2.24) is 0 Å². The third-order valence-corrected chi connectivity index (χ3v) is 8.73. The third-order valence-electron chi connectivity index (χ3n) is 6.86. The number of halogens is 2. The van der Waals surface area contributed by atoms with E-state index in [-0.39, 0.29) is 53.2 Å². The van der Waals surface area contributed by atoms with E-state index in [4.69, 9.17) is 0 Å². The van der Waals surface area contributed by atoms with E-state index in [0.29, 0.717) is 21.7 Å². The first-order chi connectivity index (χ1) is 15.6. The zero-order chi connectivity index (χ0) is 26.3. The highest BCUT2D eigenvalue weighted by Crippen LogP contribution is 2.37. The van der Waals surface area contributed by atoms with Gasteiger partial charge in [-0.3, -0.25) is 14.4 Å². The fourth-order valence-electron chi connectivity index (χ4n) is 3.04. The molecule has 3 atom stereocenters. The number of hydrogen-bond acceptors (Lipinski definition) is 4. The van der Waals surface area contributed by atoms with Crippen molar-refractivity contribution in [3.05, 3.63) is 22.4 Å². The molecule has 0 saturated carbocycles. The molecule has 0 saturated heterocycles. The zero-order valence-electron chi connectivity index (χ0n) is 22.1. The maximum Gasteiger partial charge on any atom is 0.234 e. The Morgan fingerprint density at radius 3 is 1.62 bits per heavy atom. The molecule has 0 aromatic heterocycles. The lowest BCUT2D eigenvalue weighted by Gasteiger charge is -2.27. The van der Waals surface area contributed by atoms with Crippen molar-refractivity contribution >= 4 is 50.3 Å². The van der Waals surface area contributed by atoms with Gasteiger partial charge in [-0.1, -0.05) is 74.1 Å². The minimum absolute atomic E-state index is 0.0366. The summed E-state index contributed by atoms with van der Waals surface area (Å²) in [4.78, 5) is 40.7. The van der Waals surface area contributed by atoms with Crippen molar-refractivity contribution in [3.63, 3.8) is 0 Å². The zero-order valence-corrected chi connectivity index (χ0v) is 24.5. The fraction of sp³-hybridized carbons (Fsp3) is 0.667. The normalized spacial score (nSPS) is 14.4. The molecule has 34 heavy (non-hydrogen) atoms. The van der Waals surface area contributed by atoms with Crippen molar-refractivity contribution < 1.29 is 18.8 Å². The van der Waals surface area contributed by atoms with Gasteiger partial charge >= 0.3 is 0 Å². The van der Waals surface area contributed by atoms with Crippen LogP contribution in [0.5, 0.6) is 0 Å². The first-order valence-electron chi connectivity index (χ1n) is 12.2. The summed E-state index contributed by atoms with van der Waals surface area (Å²) < 4.78 is 15.6. The van der Waals surface area contributed by atoms with Crippen LogP contribution in [0.25, 0.3) is 0 Å². The molecule has 0 aliphatic heterocycles. The Kier molecular flexibility index (Phi) is 12.5. The molecular weight excluding hydrogens is 517 g/mol. The summed E-state index contributed by atoms with van der Waals surface area (Å²) >= 11 is 4.36. The molecule has 0 radical (unpaired) electrons. The number of thioether (sulfide) groups is 1. The minimum atomic E-state index is -0.671. The maximum atomic E-state index is 15.2. The summed E-state index contributed by atoms with van der Waals surface area (Å²) in [5, 5.41) is -0.0366. The van der Waals surface area contributed by atoms with Crippen molar-refractivity contribution in [2.45, 2.75) is 86.5 Å². The number of hydrogen-bond donors (Lipinski definition) is 0. The van der Waals surface area contributed by atoms with E-state index in [9.17, 15) is 14.4 Å². The van der Waals surface area contributed by atoms with Crippen LogP contribution in [0.3, 0.4) is 0 Å². The maximum absolute atomic E-state index is 15.2. The number of imide groups is 1. The molecule has 3 unspecified atom stereocenters. The summed E-state index contributed by atoms with van der Waals surface area (Å²) in [6.45, 7) is 18.1. The molecule has 0 heterocycles.